The minimum atomic E-state index is 0.0937. The van der Waals surface area contributed by atoms with Gasteiger partial charge in [-0.15, -0.1) is 6.42 Å². The predicted molar refractivity (Wildman–Crippen MR) is 94.4 cm³/mol. The van der Waals surface area contributed by atoms with Crippen LogP contribution in [0.15, 0.2) is 48.0 Å². The number of allylic oxidation sites excluding steroid dienone is 1. The summed E-state index contributed by atoms with van der Waals surface area (Å²) in [5.41, 5.74) is 3.56. The standard InChI is InChI=1S/C21H18O3/c1-3-11-24-19-10-9-15(13-20(19)23-4-2)12-17-14-16-7-5-6-8-18(16)21(17)22/h1,5-10,12-13H,4,11,14H2,2H3/b17-12+. The molecule has 24 heavy (non-hydrogen) atoms. The van der Waals surface area contributed by atoms with E-state index in [2.05, 4.69) is 5.92 Å². The summed E-state index contributed by atoms with van der Waals surface area (Å²) < 4.78 is 11.1. The van der Waals surface area contributed by atoms with Gasteiger partial charge in [0.1, 0.15) is 6.61 Å². The highest BCUT2D eigenvalue weighted by Crippen LogP contribution is 2.32. The van der Waals surface area contributed by atoms with E-state index in [1.54, 1.807) is 0 Å². The highest BCUT2D eigenvalue weighted by molar-refractivity contribution is 6.15. The molecule has 1 aliphatic rings. The van der Waals surface area contributed by atoms with Crippen LogP contribution in [-0.4, -0.2) is 19.0 Å². The average Bonchev–Trinajstić information content (AvgIpc) is 2.91. The number of terminal acetylenes is 1. The Kier molecular flexibility index (Phi) is 4.67. The second-order valence-electron chi connectivity index (χ2n) is 5.46. The van der Waals surface area contributed by atoms with Crippen LogP contribution in [0.4, 0.5) is 0 Å². The van der Waals surface area contributed by atoms with E-state index in [9.17, 15) is 4.79 Å². The molecule has 0 atom stereocenters. The predicted octanol–water partition coefficient (Wildman–Crippen LogP) is 3.92. The molecule has 0 saturated carbocycles. The first kappa shape index (κ1) is 15.9. The van der Waals surface area contributed by atoms with Crippen molar-refractivity contribution in [2.45, 2.75) is 13.3 Å². The van der Waals surface area contributed by atoms with Crippen LogP contribution in [0.3, 0.4) is 0 Å². The SMILES string of the molecule is C#CCOc1ccc(/C=C2\Cc3ccccc3C2=O)cc1OCC. The fourth-order valence-electron chi connectivity index (χ4n) is 2.79. The molecule has 0 spiro atoms. The Balaban J connectivity index is 1.89. The number of carbonyl (C=O) groups is 1. The van der Waals surface area contributed by atoms with Crippen LogP contribution in [-0.2, 0) is 6.42 Å². The van der Waals surface area contributed by atoms with Gasteiger partial charge < -0.3 is 9.47 Å². The molecule has 0 fully saturated rings. The van der Waals surface area contributed by atoms with Crippen molar-refractivity contribution in [3.05, 3.63) is 64.7 Å². The van der Waals surface area contributed by atoms with E-state index < -0.39 is 0 Å². The molecule has 0 N–H and O–H groups in total. The Bertz CT molecular complexity index is 840. The number of Topliss-reactive ketones (excluding diaryl/α,β-unsaturated/α-hetero) is 1. The summed E-state index contributed by atoms with van der Waals surface area (Å²) in [5, 5.41) is 0. The smallest absolute Gasteiger partial charge is 0.189 e. The summed E-state index contributed by atoms with van der Waals surface area (Å²) in [5.74, 6) is 3.77. The summed E-state index contributed by atoms with van der Waals surface area (Å²) in [6, 6.07) is 13.3. The maximum absolute atomic E-state index is 12.5. The minimum absolute atomic E-state index is 0.0937. The fraction of sp³-hybridized carbons (Fsp3) is 0.190. The second-order valence-corrected chi connectivity index (χ2v) is 5.46. The average molecular weight is 318 g/mol. The third-order valence-electron chi connectivity index (χ3n) is 3.85. The Morgan fingerprint density at radius 2 is 2.00 bits per heavy atom. The summed E-state index contributed by atoms with van der Waals surface area (Å²) >= 11 is 0. The molecule has 0 saturated heterocycles. The van der Waals surface area contributed by atoms with Gasteiger partial charge in [0, 0.05) is 17.6 Å². The molecule has 0 heterocycles. The molecule has 0 aliphatic heterocycles. The number of carbonyl (C=O) groups excluding carboxylic acids is 1. The van der Waals surface area contributed by atoms with E-state index in [0.29, 0.717) is 24.5 Å². The Hall–Kier alpha value is -2.99. The molecule has 3 rings (SSSR count). The van der Waals surface area contributed by atoms with Crippen molar-refractivity contribution in [2.75, 3.05) is 13.2 Å². The minimum Gasteiger partial charge on any atom is -0.490 e. The lowest BCUT2D eigenvalue weighted by atomic mass is 10.1. The van der Waals surface area contributed by atoms with Crippen LogP contribution < -0.4 is 9.47 Å². The zero-order valence-corrected chi connectivity index (χ0v) is 13.5. The van der Waals surface area contributed by atoms with Gasteiger partial charge >= 0.3 is 0 Å². The van der Waals surface area contributed by atoms with E-state index in [-0.39, 0.29) is 12.4 Å². The molecule has 0 bridgehead atoms. The van der Waals surface area contributed by atoms with Crippen molar-refractivity contribution >= 4 is 11.9 Å². The number of hydrogen-bond acceptors (Lipinski definition) is 3. The molecule has 2 aromatic rings. The lowest BCUT2D eigenvalue weighted by molar-refractivity contribution is 0.104. The number of rotatable bonds is 5. The van der Waals surface area contributed by atoms with Crippen LogP contribution in [0.2, 0.25) is 0 Å². The van der Waals surface area contributed by atoms with Crippen molar-refractivity contribution in [3.8, 4) is 23.8 Å². The van der Waals surface area contributed by atoms with Crippen molar-refractivity contribution < 1.29 is 14.3 Å². The number of ketones is 1. The molecule has 120 valence electrons. The van der Waals surface area contributed by atoms with Gasteiger partial charge in [0.05, 0.1) is 6.61 Å². The molecule has 3 heteroatoms. The Labute approximate surface area is 141 Å². The van der Waals surface area contributed by atoms with Crippen molar-refractivity contribution in [1.82, 2.24) is 0 Å². The first-order valence-corrected chi connectivity index (χ1v) is 7.89. The fourth-order valence-corrected chi connectivity index (χ4v) is 2.79. The van der Waals surface area contributed by atoms with Crippen LogP contribution in [0.1, 0.15) is 28.4 Å². The highest BCUT2D eigenvalue weighted by Gasteiger charge is 2.24. The van der Waals surface area contributed by atoms with Gasteiger partial charge in [-0.05, 0) is 36.3 Å². The van der Waals surface area contributed by atoms with Crippen molar-refractivity contribution in [2.24, 2.45) is 0 Å². The molecular weight excluding hydrogens is 300 g/mol. The van der Waals surface area contributed by atoms with Crippen LogP contribution in [0.25, 0.3) is 6.08 Å². The van der Waals surface area contributed by atoms with Gasteiger partial charge in [0.2, 0.25) is 0 Å². The van der Waals surface area contributed by atoms with Gasteiger partial charge in [-0.2, -0.15) is 0 Å². The van der Waals surface area contributed by atoms with Gasteiger partial charge in [-0.1, -0.05) is 36.3 Å². The Morgan fingerprint density at radius 1 is 1.17 bits per heavy atom. The van der Waals surface area contributed by atoms with E-state index in [1.165, 1.54) is 0 Å². The van der Waals surface area contributed by atoms with Gasteiger partial charge in [-0.25, -0.2) is 0 Å². The van der Waals surface area contributed by atoms with Gasteiger partial charge in [-0.3, -0.25) is 4.79 Å². The topological polar surface area (TPSA) is 35.5 Å². The summed E-state index contributed by atoms with van der Waals surface area (Å²) in [6.45, 7) is 2.62. The molecule has 2 aromatic carbocycles. The third-order valence-corrected chi connectivity index (χ3v) is 3.85. The Morgan fingerprint density at radius 3 is 2.75 bits per heavy atom. The monoisotopic (exact) mass is 318 g/mol. The molecule has 3 nitrogen and oxygen atoms in total. The van der Waals surface area contributed by atoms with Gasteiger partial charge in [0.25, 0.3) is 0 Å². The first-order valence-electron chi connectivity index (χ1n) is 7.89. The lowest BCUT2D eigenvalue weighted by Crippen LogP contribution is -2.00. The zero-order chi connectivity index (χ0) is 16.9. The zero-order valence-electron chi connectivity index (χ0n) is 13.5. The van der Waals surface area contributed by atoms with E-state index in [0.717, 1.165) is 22.3 Å². The van der Waals surface area contributed by atoms with E-state index in [1.807, 2.05) is 55.5 Å². The molecular formula is C21H18O3. The maximum atomic E-state index is 12.5. The maximum Gasteiger partial charge on any atom is 0.189 e. The number of benzene rings is 2. The van der Waals surface area contributed by atoms with Crippen molar-refractivity contribution in [3.63, 3.8) is 0 Å². The third kappa shape index (κ3) is 3.18. The number of hydrogen-bond donors (Lipinski definition) is 0. The highest BCUT2D eigenvalue weighted by atomic mass is 16.5. The summed E-state index contributed by atoms with van der Waals surface area (Å²) in [4.78, 5) is 12.5. The molecule has 0 unspecified atom stereocenters. The normalized spacial score (nSPS) is 14.3. The largest absolute Gasteiger partial charge is 0.490 e. The van der Waals surface area contributed by atoms with Crippen molar-refractivity contribution in [1.29, 1.82) is 0 Å². The van der Waals surface area contributed by atoms with E-state index in [4.69, 9.17) is 15.9 Å². The summed E-state index contributed by atoms with van der Waals surface area (Å²) in [7, 11) is 0. The number of ether oxygens (including phenoxy) is 2. The van der Waals surface area contributed by atoms with Gasteiger partial charge in [0.15, 0.2) is 17.3 Å². The molecule has 0 radical (unpaired) electrons. The van der Waals surface area contributed by atoms with Crippen LogP contribution >= 0.6 is 0 Å². The molecule has 0 aromatic heterocycles. The van der Waals surface area contributed by atoms with Crippen LogP contribution in [0, 0.1) is 12.3 Å². The molecule has 0 amide bonds. The number of fused-ring (bicyclic) bond motifs is 1. The quantitative estimate of drug-likeness (QED) is 0.619. The first-order chi connectivity index (χ1) is 11.7. The van der Waals surface area contributed by atoms with Crippen LogP contribution in [0.5, 0.6) is 11.5 Å². The molecule has 1 aliphatic carbocycles. The summed E-state index contributed by atoms with van der Waals surface area (Å²) in [6.07, 6.45) is 7.81. The van der Waals surface area contributed by atoms with E-state index >= 15 is 0 Å². The lowest BCUT2D eigenvalue weighted by Gasteiger charge is -2.11. The second kappa shape index (κ2) is 7.06.